The number of aliphatic carboxylic acids is 1. The highest BCUT2D eigenvalue weighted by Gasteiger charge is 2.47. The molecule has 1 aromatic carbocycles. The van der Waals surface area contributed by atoms with Gasteiger partial charge in [-0.2, -0.15) is 0 Å². The molecule has 0 unspecified atom stereocenters. The van der Waals surface area contributed by atoms with E-state index in [1.165, 1.54) is 5.56 Å². The maximum Gasteiger partial charge on any atom is 0.314 e. The fourth-order valence-corrected chi connectivity index (χ4v) is 3.24. The molecule has 0 spiro atoms. The average molecular weight is 276 g/mol. The van der Waals surface area contributed by atoms with Gasteiger partial charge < -0.3 is 9.84 Å². The first-order valence-corrected chi connectivity index (χ1v) is 7.50. The smallest absolute Gasteiger partial charge is 0.314 e. The molecule has 1 N–H and O–H groups in total. The highest BCUT2D eigenvalue weighted by molar-refractivity contribution is 5.83. The van der Waals surface area contributed by atoms with Gasteiger partial charge in [0.2, 0.25) is 0 Å². The molecule has 0 saturated heterocycles. The number of carbonyl (C=O) groups is 1. The minimum Gasteiger partial charge on any atom is -0.496 e. The molecule has 3 nitrogen and oxygen atoms in total. The highest BCUT2D eigenvalue weighted by Crippen LogP contribution is 2.48. The van der Waals surface area contributed by atoms with Crippen LogP contribution in [0.2, 0.25) is 0 Å². The summed E-state index contributed by atoms with van der Waals surface area (Å²) in [6.45, 7) is 4.35. The Bertz CT molecular complexity index is 485. The summed E-state index contributed by atoms with van der Waals surface area (Å²) in [6, 6.07) is 6.09. The number of methoxy groups -OCH3 is 1. The van der Waals surface area contributed by atoms with E-state index in [1.54, 1.807) is 7.11 Å². The van der Waals surface area contributed by atoms with E-state index in [0.717, 1.165) is 24.8 Å². The molecule has 0 aromatic heterocycles. The molecule has 2 rings (SSSR count). The maximum atomic E-state index is 11.7. The largest absolute Gasteiger partial charge is 0.496 e. The second-order valence-corrected chi connectivity index (χ2v) is 5.71. The molecule has 1 fully saturated rings. The van der Waals surface area contributed by atoms with Gasteiger partial charge >= 0.3 is 5.97 Å². The number of hydrogen-bond donors (Lipinski definition) is 1. The molecule has 110 valence electrons. The van der Waals surface area contributed by atoms with Crippen molar-refractivity contribution in [2.24, 2.45) is 0 Å². The van der Waals surface area contributed by atoms with Crippen LogP contribution in [0.1, 0.15) is 63.0 Å². The second-order valence-electron chi connectivity index (χ2n) is 5.71. The van der Waals surface area contributed by atoms with Crippen molar-refractivity contribution in [1.82, 2.24) is 0 Å². The molecule has 1 aliphatic carbocycles. The Labute approximate surface area is 121 Å². The van der Waals surface area contributed by atoms with Crippen LogP contribution in [0.15, 0.2) is 18.2 Å². The molecule has 1 aliphatic rings. The molecular weight excluding hydrogens is 252 g/mol. The van der Waals surface area contributed by atoms with Gasteiger partial charge in [-0.05, 0) is 43.2 Å². The number of carboxylic acid groups (broad SMARTS) is 1. The van der Waals surface area contributed by atoms with E-state index < -0.39 is 11.4 Å². The average Bonchev–Trinajstić information content (AvgIpc) is 2.39. The number of hydrogen-bond acceptors (Lipinski definition) is 2. The van der Waals surface area contributed by atoms with Crippen molar-refractivity contribution in [3.05, 3.63) is 29.3 Å². The third-order valence-electron chi connectivity index (χ3n) is 4.81. The normalized spacial score (nSPS) is 16.8. The Morgan fingerprint density at radius 3 is 2.40 bits per heavy atom. The number of benzene rings is 1. The number of ether oxygens (including phenoxy) is 1. The van der Waals surface area contributed by atoms with E-state index in [0.29, 0.717) is 24.5 Å². The predicted molar refractivity (Wildman–Crippen MR) is 79.5 cm³/mol. The van der Waals surface area contributed by atoms with E-state index in [4.69, 9.17) is 4.74 Å². The Kier molecular flexibility index (Phi) is 4.36. The molecule has 0 heterocycles. The van der Waals surface area contributed by atoms with Crippen molar-refractivity contribution in [3.8, 4) is 5.75 Å². The van der Waals surface area contributed by atoms with Gasteiger partial charge in [-0.25, -0.2) is 0 Å². The van der Waals surface area contributed by atoms with Crippen molar-refractivity contribution < 1.29 is 14.6 Å². The summed E-state index contributed by atoms with van der Waals surface area (Å²) < 4.78 is 5.42. The van der Waals surface area contributed by atoms with Gasteiger partial charge in [0.25, 0.3) is 0 Å². The van der Waals surface area contributed by atoms with Crippen LogP contribution in [-0.4, -0.2) is 18.2 Å². The summed E-state index contributed by atoms with van der Waals surface area (Å²) in [4.78, 5) is 11.7. The van der Waals surface area contributed by atoms with Gasteiger partial charge in [0.15, 0.2) is 0 Å². The van der Waals surface area contributed by atoms with Gasteiger partial charge in [0.1, 0.15) is 5.75 Å². The minimum absolute atomic E-state index is 0.491. The summed E-state index contributed by atoms with van der Waals surface area (Å²) in [5.74, 6) is 0.483. The van der Waals surface area contributed by atoms with Crippen molar-refractivity contribution >= 4 is 5.97 Å². The molecule has 20 heavy (non-hydrogen) atoms. The third-order valence-corrected chi connectivity index (χ3v) is 4.81. The maximum absolute atomic E-state index is 11.7. The Morgan fingerprint density at radius 1 is 1.35 bits per heavy atom. The summed E-state index contributed by atoms with van der Waals surface area (Å²) in [6.07, 6.45) is 4.55. The predicted octanol–water partition coefficient (Wildman–Crippen LogP) is 4.11. The first-order chi connectivity index (χ1) is 9.58. The third kappa shape index (κ3) is 2.30. The van der Waals surface area contributed by atoms with Crippen LogP contribution in [-0.2, 0) is 10.2 Å². The molecule has 0 bridgehead atoms. The van der Waals surface area contributed by atoms with E-state index in [2.05, 4.69) is 26.0 Å². The summed E-state index contributed by atoms with van der Waals surface area (Å²) >= 11 is 0. The van der Waals surface area contributed by atoms with Gasteiger partial charge in [-0.1, -0.05) is 32.4 Å². The van der Waals surface area contributed by atoms with Gasteiger partial charge in [0.05, 0.1) is 12.5 Å². The molecule has 0 atom stereocenters. The van der Waals surface area contributed by atoms with Crippen LogP contribution in [0.4, 0.5) is 0 Å². The van der Waals surface area contributed by atoms with Crippen molar-refractivity contribution in [3.63, 3.8) is 0 Å². The quantitative estimate of drug-likeness (QED) is 0.850. The molecule has 3 heteroatoms. The van der Waals surface area contributed by atoms with E-state index in [-0.39, 0.29) is 0 Å². The topological polar surface area (TPSA) is 46.5 Å². The Hall–Kier alpha value is -1.51. The van der Waals surface area contributed by atoms with E-state index >= 15 is 0 Å². The molecule has 0 aliphatic heterocycles. The van der Waals surface area contributed by atoms with Crippen LogP contribution in [0, 0.1) is 0 Å². The molecule has 0 amide bonds. The standard InChI is InChI=1S/C17H24O3/c1-4-12(5-2)13-7-8-15(20-3)14(11-13)17(16(18)19)9-6-10-17/h7-8,11-12H,4-6,9-10H2,1-3H3,(H,18,19). The van der Waals surface area contributed by atoms with E-state index in [1.807, 2.05) is 6.07 Å². The summed E-state index contributed by atoms with van der Waals surface area (Å²) in [5.41, 5.74) is 1.37. The molecule has 0 radical (unpaired) electrons. The summed E-state index contributed by atoms with van der Waals surface area (Å²) in [5, 5.41) is 9.65. The van der Waals surface area contributed by atoms with Gasteiger partial charge in [-0.15, -0.1) is 0 Å². The fraction of sp³-hybridized carbons (Fsp3) is 0.588. The van der Waals surface area contributed by atoms with E-state index in [9.17, 15) is 9.90 Å². The Morgan fingerprint density at radius 2 is 2.00 bits per heavy atom. The van der Waals surface area contributed by atoms with Crippen LogP contribution in [0.3, 0.4) is 0 Å². The lowest BCUT2D eigenvalue weighted by molar-refractivity contribution is -0.147. The monoisotopic (exact) mass is 276 g/mol. The number of rotatable bonds is 6. The minimum atomic E-state index is -0.729. The zero-order chi connectivity index (χ0) is 14.8. The highest BCUT2D eigenvalue weighted by atomic mass is 16.5. The van der Waals surface area contributed by atoms with Crippen molar-refractivity contribution in [2.75, 3.05) is 7.11 Å². The molecule has 1 aromatic rings. The zero-order valence-corrected chi connectivity index (χ0v) is 12.6. The molecular formula is C17H24O3. The van der Waals surface area contributed by atoms with Crippen molar-refractivity contribution in [1.29, 1.82) is 0 Å². The lowest BCUT2D eigenvalue weighted by Gasteiger charge is -2.39. The van der Waals surface area contributed by atoms with Gasteiger partial charge in [0, 0.05) is 5.56 Å². The fourth-order valence-electron chi connectivity index (χ4n) is 3.24. The summed E-state index contributed by atoms with van der Waals surface area (Å²) in [7, 11) is 1.61. The van der Waals surface area contributed by atoms with Crippen LogP contribution in [0.5, 0.6) is 5.75 Å². The Balaban J connectivity index is 2.49. The first kappa shape index (κ1) is 14.9. The van der Waals surface area contributed by atoms with Gasteiger partial charge in [-0.3, -0.25) is 4.79 Å². The zero-order valence-electron chi connectivity index (χ0n) is 12.6. The lowest BCUT2D eigenvalue weighted by atomic mass is 9.63. The number of carboxylic acids is 1. The second kappa shape index (κ2) is 5.86. The molecule has 1 saturated carbocycles. The first-order valence-electron chi connectivity index (χ1n) is 7.50. The van der Waals surface area contributed by atoms with Crippen molar-refractivity contribution in [2.45, 2.75) is 57.3 Å². The van der Waals surface area contributed by atoms with Crippen LogP contribution < -0.4 is 4.74 Å². The van der Waals surface area contributed by atoms with Crippen LogP contribution >= 0.6 is 0 Å². The SMILES string of the molecule is CCC(CC)c1ccc(OC)c(C2(C(=O)O)CCC2)c1. The van der Waals surface area contributed by atoms with Crippen LogP contribution in [0.25, 0.3) is 0 Å². The lowest BCUT2D eigenvalue weighted by Crippen LogP contribution is -2.42.